The Morgan fingerprint density at radius 2 is 2.17 bits per heavy atom. The molecule has 1 aliphatic heterocycles. The second-order valence-corrected chi connectivity index (χ2v) is 6.45. The van der Waals surface area contributed by atoms with Gasteiger partial charge in [-0.1, -0.05) is 37.2 Å². The lowest BCUT2D eigenvalue weighted by molar-refractivity contribution is -0.133. The Kier molecular flexibility index (Phi) is 4.83. The maximum atomic E-state index is 12.0. The third-order valence-corrected chi connectivity index (χ3v) is 4.47. The quantitative estimate of drug-likeness (QED) is 0.843. The fourth-order valence-corrected chi connectivity index (χ4v) is 3.08. The first-order chi connectivity index (χ1) is 11.6. The second-order valence-electron chi connectivity index (χ2n) is 6.45. The number of amides is 1. The lowest BCUT2D eigenvalue weighted by atomic mass is 9.81. The minimum absolute atomic E-state index is 0.178. The number of piperidine rings is 1. The summed E-state index contributed by atoms with van der Waals surface area (Å²) in [5.41, 5.74) is -0.266. The zero-order valence-corrected chi connectivity index (χ0v) is 14.2. The van der Waals surface area contributed by atoms with Crippen LogP contribution in [-0.2, 0) is 16.8 Å². The van der Waals surface area contributed by atoms with Gasteiger partial charge in [-0.2, -0.15) is 4.98 Å². The van der Waals surface area contributed by atoms with Crippen molar-refractivity contribution < 1.29 is 14.1 Å². The summed E-state index contributed by atoms with van der Waals surface area (Å²) in [6, 6.07) is 9.53. The molecule has 0 spiro atoms. The molecule has 0 saturated carbocycles. The number of hydrogen-bond donors (Lipinski definition) is 0. The number of nitrogens with zero attached hydrogens (tertiary/aromatic N) is 3. The Balaban J connectivity index is 1.66. The summed E-state index contributed by atoms with van der Waals surface area (Å²) in [7, 11) is 0. The van der Waals surface area contributed by atoms with Gasteiger partial charge in [-0.25, -0.2) is 0 Å². The van der Waals surface area contributed by atoms with Crippen molar-refractivity contribution in [2.75, 3.05) is 13.1 Å². The van der Waals surface area contributed by atoms with Crippen LogP contribution in [0.4, 0.5) is 0 Å². The SMILES string of the molecule is CCC(=O)N1CCCC(C)(c2noc(COc3ccccc3)n2)C1. The van der Waals surface area contributed by atoms with E-state index in [0.717, 1.165) is 25.1 Å². The Morgan fingerprint density at radius 3 is 2.92 bits per heavy atom. The van der Waals surface area contributed by atoms with Gasteiger partial charge in [0.1, 0.15) is 5.75 Å². The molecule has 6 heteroatoms. The summed E-state index contributed by atoms with van der Waals surface area (Å²) >= 11 is 0. The maximum Gasteiger partial charge on any atom is 0.264 e. The van der Waals surface area contributed by atoms with Gasteiger partial charge in [0.15, 0.2) is 12.4 Å². The van der Waals surface area contributed by atoms with Crippen molar-refractivity contribution in [3.05, 3.63) is 42.0 Å². The summed E-state index contributed by atoms with van der Waals surface area (Å²) < 4.78 is 11.0. The van der Waals surface area contributed by atoms with Gasteiger partial charge in [-0.05, 0) is 25.0 Å². The van der Waals surface area contributed by atoms with Crippen molar-refractivity contribution in [3.63, 3.8) is 0 Å². The van der Waals surface area contributed by atoms with Gasteiger partial charge in [0.2, 0.25) is 5.91 Å². The molecule has 24 heavy (non-hydrogen) atoms. The third-order valence-electron chi connectivity index (χ3n) is 4.47. The van der Waals surface area contributed by atoms with Crippen LogP contribution in [0.25, 0.3) is 0 Å². The van der Waals surface area contributed by atoms with Crippen LogP contribution in [-0.4, -0.2) is 34.0 Å². The highest BCUT2D eigenvalue weighted by molar-refractivity contribution is 5.76. The lowest BCUT2D eigenvalue weighted by Crippen LogP contribution is -2.47. The zero-order chi connectivity index (χ0) is 17.0. The largest absolute Gasteiger partial charge is 0.484 e. The van der Waals surface area contributed by atoms with Gasteiger partial charge in [-0.15, -0.1) is 0 Å². The van der Waals surface area contributed by atoms with E-state index in [1.165, 1.54) is 0 Å². The van der Waals surface area contributed by atoms with Crippen LogP contribution < -0.4 is 4.74 Å². The Bertz CT molecular complexity index is 686. The molecule has 0 bridgehead atoms. The van der Waals surface area contributed by atoms with Gasteiger partial charge < -0.3 is 14.2 Å². The van der Waals surface area contributed by atoms with E-state index in [0.29, 0.717) is 24.7 Å². The molecule has 6 nitrogen and oxygen atoms in total. The molecule has 1 saturated heterocycles. The molecule has 1 aliphatic rings. The molecule has 0 radical (unpaired) electrons. The first-order valence-electron chi connectivity index (χ1n) is 8.39. The summed E-state index contributed by atoms with van der Waals surface area (Å²) in [6.45, 7) is 5.67. The predicted octanol–water partition coefficient (Wildman–Crippen LogP) is 2.94. The Labute approximate surface area is 141 Å². The molecular formula is C18H23N3O3. The molecule has 2 heterocycles. The standard InChI is InChI=1S/C18H23N3O3/c1-3-16(22)21-11-7-10-18(2,13-21)17-19-15(24-20-17)12-23-14-8-5-4-6-9-14/h4-6,8-9H,3,7,10-13H2,1-2H3. The number of hydrogen-bond acceptors (Lipinski definition) is 5. The number of carbonyl (C=O) groups excluding carboxylic acids is 1. The molecular weight excluding hydrogens is 306 g/mol. The Morgan fingerprint density at radius 1 is 1.38 bits per heavy atom. The van der Waals surface area contributed by atoms with Crippen LogP contribution >= 0.6 is 0 Å². The van der Waals surface area contributed by atoms with E-state index in [1.807, 2.05) is 42.2 Å². The lowest BCUT2D eigenvalue weighted by Gasteiger charge is -2.38. The minimum Gasteiger partial charge on any atom is -0.484 e. The average molecular weight is 329 g/mol. The topological polar surface area (TPSA) is 68.5 Å². The molecule has 1 fully saturated rings. The van der Waals surface area contributed by atoms with E-state index in [4.69, 9.17) is 9.26 Å². The van der Waals surface area contributed by atoms with Crippen molar-refractivity contribution in [2.45, 2.75) is 45.1 Å². The number of aromatic nitrogens is 2. The van der Waals surface area contributed by atoms with Crippen LogP contribution in [0.3, 0.4) is 0 Å². The molecule has 0 N–H and O–H groups in total. The minimum atomic E-state index is -0.266. The van der Waals surface area contributed by atoms with E-state index in [-0.39, 0.29) is 17.9 Å². The third kappa shape index (κ3) is 3.58. The summed E-state index contributed by atoms with van der Waals surface area (Å²) in [5, 5.41) is 4.14. The molecule has 1 atom stereocenters. The molecule has 1 amide bonds. The van der Waals surface area contributed by atoms with Crippen LogP contribution in [0.2, 0.25) is 0 Å². The average Bonchev–Trinajstić information content (AvgIpc) is 3.10. The van der Waals surface area contributed by atoms with E-state index in [9.17, 15) is 4.79 Å². The smallest absolute Gasteiger partial charge is 0.264 e. The van der Waals surface area contributed by atoms with E-state index in [2.05, 4.69) is 17.1 Å². The number of rotatable bonds is 5. The normalized spacial score (nSPS) is 20.8. The highest BCUT2D eigenvalue weighted by Gasteiger charge is 2.38. The van der Waals surface area contributed by atoms with E-state index < -0.39 is 0 Å². The molecule has 1 unspecified atom stereocenters. The van der Waals surface area contributed by atoms with Crippen LogP contribution in [0, 0.1) is 0 Å². The fraction of sp³-hybridized carbons (Fsp3) is 0.500. The van der Waals surface area contributed by atoms with Crippen molar-refractivity contribution >= 4 is 5.91 Å². The van der Waals surface area contributed by atoms with Gasteiger partial charge in [0, 0.05) is 24.9 Å². The van der Waals surface area contributed by atoms with Crippen molar-refractivity contribution in [1.29, 1.82) is 0 Å². The van der Waals surface area contributed by atoms with Crippen molar-refractivity contribution in [2.24, 2.45) is 0 Å². The first kappa shape index (κ1) is 16.5. The number of benzene rings is 1. The van der Waals surface area contributed by atoms with E-state index in [1.54, 1.807) is 0 Å². The van der Waals surface area contributed by atoms with E-state index >= 15 is 0 Å². The van der Waals surface area contributed by atoms with Gasteiger partial charge >= 0.3 is 0 Å². The maximum absolute atomic E-state index is 12.0. The summed E-state index contributed by atoms with van der Waals surface area (Å²) in [5.74, 6) is 2.05. The monoisotopic (exact) mass is 329 g/mol. The predicted molar refractivity (Wildman–Crippen MR) is 88.5 cm³/mol. The number of carbonyl (C=O) groups is 1. The van der Waals surface area contributed by atoms with Gasteiger partial charge in [0.05, 0.1) is 0 Å². The number of para-hydroxylation sites is 1. The fourth-order valence-electron chi connectivity index (χ4n) is 3.08. The zero-order valence-electron chi connectivity index (χ0n) is 14.2. The Hall–Kier alpha value is -2.37. The van der Waals surface area contributed by atoms with Crippen LogP contribution in [0.15, 0.2) is 34.9 Å². The second kappa shape index (κ2) is 7.03. The molecule has 128 valence electrons. The molecule has 1 aromatic heterocycles. The van der Waals surface area contributed by atoms with Crippen molar-refractivity contribution in [3.8, 4) is 5.75 Å². The molecule has 1 aromatic carbocycles. The van der Waals surface area contributed by atoms with Crippen LogP contribution in [0.1, 0.15) is 44.8 Å². The highest BCUT2D eigenvalue weighted by Crippen LogP contribution is 2.32. The van der Waals surface area contributed by atoms with Crippen LogP contribution in [0.5, 0.6) is 5.75 Å². The number of ether oxygens (including phenoxy) is 1. The summed E-state index contributed by atoms with van der Waals surface area (Å²) in [4.78, 5) is 18.4. The number of likely N-dealkylation sites (tertiary alicyclic amines) is 1. The molecule has 0 aliphatic carbocycles. The molecule has 2 aromatic rings. The summed E-state index contributed by atoms with van der Waals surface area (Å²) in [6.07, 6.45) is 2.42. The highest BCUT2D eigenvalue weighted by atomic mass is 16.5. The van der Waals surface area contributed by atoms with Gasteiger partial charge in [-0.3, -0.25) is 4.79 Å². The van der Waals surface area contributed by atoms with Gasteiger partial charge in [0.25, 0.3) is 5.89 Å². The molecule has 3 rings (SSSR count). The van der Waals surface area contributed by atoms with Crippen molar-refractivity contribution in [1.82, 2.24) is 15.0 Å². The first-order valence-corrected chi connectivity index (χ1v) is 8.39.